The first kappa shape index (κ1) is 21.9. The zero-order valence-corrected chi connectivity index (χ0v) is 18.3. The number of nitrogens with one attached hydrogen (secondary N) is 1. The lowest BCUT2D eigenvalue weighted by Crippen LogP contribution is -2.27. The maximum atomic E-state index is 12.9. The summed E-state index contributed by atoms with van der Waals surface area (Å²) in [6.45, 7) is 2.40. The number of sulfonamides is 1. The van der Waals surface area contributed by atoms with Gasteiger partial charge in [0.05, 0.1) is 26.2 Å². The van der Waals surface area contributed by atoms with Gasteiger partial charge in [0.2, 0.25) is 21.7 Å². The van der Waals surface area contributed by atoms with Crippen LogP contribution in [0.1, 0.15) is 24.5 Å². The van der Waals surface area contributed by atoms with Crippen LogP contribution in [0.15, 0.2) is 35.2 Å². The van der Waals surface area contributed by atoms with E-state index in [1.165, 1.54) is 27.4 Å². The van der Waals surface area contributed by atoms with Gasteiger partial charge in [-0.3, -0.25) is 4.79 Å². The molecule has 1 aliphatic heterocycles. The van der Waals surface area contributed by atoms with Crippen molar-refractivity contribution in [1.29, 1.82) is 0 Å². The highest BCUT2D eigenvalue weighted by Crippen LogP contribution is 2.39. The van der Waals surface area contributed by atoms with Gasteiger partial charge in [-0.15, -0.1) is 0 Å². The van der Waals surface area contributed by atoms with Crippen molar-refractivity contribution in [1.82, 2.24) is 4.72 Å². The number of nitrogens with zero attached hydrogens (tertiary/aromatic N) is 1. The smallest absolute Gasteiger partial charge is 0.240 e. The second-order valence-corrected chi connectivity index (χ2v) is 8.52. The highest BCUT2D eigenvalue weighted by Gasteiger charge is 2.26. The van der Waals surface area contributed by atoms with Gasteiger partial charge in [0.25, 0.3) is 0 Å². The molecule has 1 amide bonds. The van der Waals surface area contributed by atoms with Crippen molar-refractivity contribution in [3.63, 3.8) is 0 Å². The van der Waals surface area contributed by atoms with Crippen LogP contribution in [-0.4, -0.2) is 42.2 Å². The standard InChI is InChI=1S/C21H26N2O6S/c1-5-19(24)23-11-10-14-12-16(7-8-17(14)23)30(25,26)22-13-15-6-9-18(27-2)21(29-4)20(15)28-3/h6-9,12,22H,5,10-11,13H2,1-4H3. The van der Waals surface area contributed by atoms with Crippen molar-refractivity contribution in [3.8, 4) is 17.2 Å². The van der Waals surface area contributed by atoms with Gasteiger partial charge in [-0.05, 0) is 36.2 Å². The molecular weight excluding hydrogens is 408 g/mol. The predicted octanol–water partition coefficient (Wildman–Crippen LogP) is 2.49. The number of anilines is 1. The number of carbonyl (C=O) groups is 1. The summed E-state index contributed by atoms with van der Waals surface area (Å²) >= 11 is 0. The molecule has 2 aromatic rings. The summed E-state index contributed by atoms with van der Waals surface area (Å²) in [5, 5.41) is 0. The van der Waals surface area contributed by atoms with E-state index < -0.39 is 10.0 Å². The Morgan fingerprint density at radius 3 is 2.43 bits per heavy atom. The molecule has 0 spiro atoms. The van der Waals surface area contributed by atoms with Gasteiger partial charge in [-0.1, -0.05) is 13.0 Å². The normalized spacial score (nSPS) is 13.1. The molecule has 1 heterocycles. The molecule has 0 radical (unpaired) electrons. The first-order valence-corrected chi connectivity index (χ1v) is 11.0. The Balaban J connectivity index is 1.83. The lowest BCUT2D eigenvalue weighted by molar-refractivity contribution is -0.118. The molecule has 0 aromatic heterocycles. The van der Waals surface area contributed by atoms with Crippen LogP contribution >= 0.6 is 0 Å². The van der Waals surface area contributed by atoms with E-state index in [1.807, 2.05) is 6.92 Å². The third kappa shape index (κ3) is 4.08. The fraction of sp³-hybridized carbons (Fsp3) is 0.381. The number of methoxy groups -OCH3 is 3. The molecule has 2 aromatic carbocycles. The molecule has 0 saturated heterocycles. The summed E-state index contributed by atoms with van der Waals surface area (Å²) in [4.78, 5) is 13.9. The number of benzene rings is 2. The molecule has 0 saturated carbocycles. The first-order chi connectivity index (χ1) is 14.4. The van der Waals surface area contributed by atoms with E-state index in [0.717, 1.165) is 11.3 Å². The molecule has 3 rings (SSSR count). The highest BCUT2D eigenvalue weighted by molar-refractivity contribution is 7.89. The predicted molar refractivity (Wildman–Crippen MR) is 113 cm³/mol. The molecule has 9 heteroatoms. The summed E-state index contributed by atoms with van der Waals surface area (Å²) in [6, 6.07) is 8.27. The minimum atomic E-state index is -3.76. The van der Waals surface area contributed by atoms with Crippen LogP contribution in [0.25, 0.3) is 0 Å². The van der Waals surface area contributed by atoms with Crippen LogP contribution in [0.4, 0.5) is 5.69 Å². The van der Waals surface area contributed by atoms with Gasteiger partial charge in [0, 0.05) is 30.8 Å². The average Bonchev–Trinajstić information content (AvgIpc) is 3.19. The highest BCUT2D eigenvalue weighted by atomic mass is 32.2. The number of fused-ring (bicyclic) bond motifs is 1. The minimum absolute atomic E-state index is 0.0173. The van der Waals surface area contributed by atoms with E-state index in [9.17, 15) is 13.2 Å². The zero-order chi connectivity index (χ0) is 21.9. The fourth-order valence-electron chi connectivity index (χ4n) is 3.55. The van der Waals surface area contributed by atoms with Gasteiger partial charge in [-0.2, -0.15) is 0 Å². The van der Waals surface area contributed by atoms with Crippen molar-refractivity contribution in [2.45, 2.75) is 31.2 Å². The van der Waals surface area contributed by atoms with E-state index in [4.69, 9.17) is 14.2 Å². The van der Waals surface area contributed by atoms with Gasteiger partial charge in [-0.25, -0.2) is 13.1 Å². The number of ether oxygens (including phenoxy) is 3. The monoisotopic (exact) mass is 434 g/mol. The first-order valence-electron chi connectivity index (χ1n) is 9.57. The lowest BCUT2D eigenvalue weighted by atomic mass is 10.1. The Kier molecular flexibility index (Phi) is 6.52. The topological polar surface area (TPSA) is 94.2 Å². The van der Waals surface area contributed by atoms with E-state index in [0.29, 0.717) is 42.2 Å². The second-order valence-electron chi connectivity index (χ2n) is 6.76. The summed E-state index contributed by atoms with van der Waals surface area (Å²) in [6.07, 6.45) is 1.04. The Morgan fingerprint density at radius 2 is 1.80 bits per heavy atom. The van der Waals surface area contributed by atoms with Crippen LogP contribution in [0.5, 0.6) is 17.2 Å². The van der Waals surface area contributed by atoms with Crippen molar-refractivity contribution in [3.05, 3.63) is 41.5 Å². The maximum absolute atomic E-state index is 12.9. The molecule has 0 unspecified atom stereocenters. The SMILES string of the molecule is CCC(=O)N1CCc2cc(S(=O)(=O)NCc3ccc(OC)c(OC)c3OC)ccc21. The Bertz CT molecular complexity index is 1050. The third-order valence-electron chi connectivity index (χ3n) is 5.10. The number of carbonyl (C=O) groups excluding carboxylic acids is 1. The van der Waals surface area contributed by atoms with E-state index >= 15 is 0 Å². The van der Waals surface area contributed by atoms with E-state index in [1.54, 1.807) is 29.2 Å². The summed E-state index contributed by atoms with van der Waals surface area (Å²) in [7, 11) is 0.729. The van der Waals surface area contributed by atoms with E-state index in [2.05, 4.69) is 4.72 Å². The lowest BCUT2D eigenvalue weighted by Gasteiger charge is -2.17. The number of rotatable bonds is 8. The summed E-state index contributed by atoms with van der Waals surface area (Å²) in [5.74, 6) is 1.32. The minimum Gasteiger partial charge on any atom is -0.493 e. The molecule has 1 N–H and O–H groups in total. The second kappa shape index (κ2) is 8.93. The van der Waals surface area contributed by atoms with Crippen LogP contribution < -0.4 is 23.8 Å². The van der Waals surface area contributed by atoms with Crippen LogP contribution in [0, 0.1) is 0 Å². The quantitative estimate of drug-likeness (QED) is 0.686. The Labute approximate surface area is 176 Å². The number of hydrogen-bond acceptors (Lipinski definition) is 6. The molecule has 162 valence electrons. The molecule has 30 heavy (non-hydrogen) atoms. The van der Waals surface area contributed by atoms with Gasteiger partial charge < -0.3 is 19.1 Å². The molecule has 0 atom stereocenters. The van der Waals surface area contributed by atoms with Gasteiger partial charge >= 0.3 is 0 Å². The molecule has 1 aliphatic rings. The maximum Gasteiger partial charge on any atom is 0.240 e. The molecule has 0 fully saturated rings. The van der Waals surface area contributed by atoms with Crippen molar-refractivity contribution >= 4 is 21.6 Å². The average molecular weight is 435 g/mol. The van der Waals surface area contributed by atoms with Gasteiger partial charge in [0.1, 0.15) is 0 Å². The molecule has 0 aliphatic carbocycles. The summed E-state index contributed by atoms with van der Waals surface area (Å²) in [5.41, 5.74) is 2.24. The molecule has 8 nitrogen and oxygen atoms in total. The fourth-order valence-corrected chi connectivity index (χ4v) is 4.61. The molecule has 0 bridgehead atoms. The number of hydrogen-bond donors (Lipinski definition) is 1. The Hall–Kier alpha value is -2.78. The van der Waals surface area contributed by atoms with Crippen LogP contribution in [0.3, 0.4) is 0 Å². The third-order valence-corrected chi connectivity index (χ3v) is 6.50. The van der Waals surface area contributed by atoms with Crippen LogP contribution in [-0.2, 0) is 27.8 Å². The van der Waals surface area contributed by atoms with Crippen molar-refractivity contribution < 1.29 is 27.4 Å². The zero-order valence-electron chi connectivity index (χ0n) is 17.5. The van der Waals surface area contributed by atoms with Crippen LogP contribution in [0.2, 0.25) is 0 Å². The number of amides is 1. The van der Waals surface area contributed by atoms with Crippen molar-refractivity contribution in [2.75, 3.05) is 32.8 Å². The van der Waals surface area contributed by atoms with Gasteiger partial charge in [0.15, 0.2) is 11.5 Å². The molecular formula is C21H26N2O6S. The van der Waals surface area contributed by atoms with E-state index in [-0.39, 0.29) is 17.3 Å². The largest absolute Gasteiger partial charge is 0.493 e. The summed E-state index contributed by atoms with van der Waals surface area (Å²) < 4.78 is 44.3. The van der Waals surface area contributed by atoms with Crippen molar-refractivity contribution in [2.24, 2.45) is 0 Å². The Morgan fingerprint density at radius 1 is 1.07 bits per heavy atom.